The molecule has 798 valence electrons. The predicted molar refractivity (Wildman–Crippen MR) is 576 cm³/mol. The van der Waals surface area contributed by atoms with Crippen molar-refractivity contribution in [2.45, 2.75) is 248 Å². The Morgan fingerprint density at radius 2 is 0.793 bits per heavy atom. The largest absolute Gasteiger partial charge is 0.460 e. The van der Waals surface area contributed by atoms with Gasteiger partial charge in [0.1, 0.15) is 63.4 Å². The molecular weight excluding hydrogens is 2060 g/mol. The second-order valence-corrected chi connectivity index (χ2v) is 50.1. The first-order valence-electron chi connectivity index (χ1n) is 49.2. The maximum Gasteiger partial charge on any atom is 0.450 e. The molecule has 1 amide bonds. The van der Waals surface area contributed by atoms with Crippen molar-refractivity contribution in [1.82, 2.24) is 5.32 Å². The summed E-state index contributed by atoms with van der Waals surface area (Å²) in [6.07, 6.45) is 1.11. The number of sulfonamides is 3. The maximum absolute atomic E-state index is 16.0. The van der Waals surface area contributed by atoms with Crippen LogP contribution in [0.5, 0.6) is 5.75 Å². The van der Waals surface area contributed by atoms with E-state index in [4.69, 9.17) is 8.83 Å². The minimum atomic E-state index is -7.13. The Morgan fingerprint density at radius 1 is 0.427 bits per heavy atom. The van der Waals surface area contributed by atoms with Gasteiger partial charge in [-0.25, -0.2) is 52.8 Å². The number of nitrogens with zero attached hydrogens (tertiary/aromatic N) is 2. The molecule has 0 spiro atoms. The molecule has 14 rings (SSSR count). The van der Waals surface area contributed by atoms with E-state index in [0.717, 1.165) is 97.6 Å². The average Bonchev–Trinajstić information content (AvgIpc) is 0.708. The van der Waals surface area contributed by atoms with Crippen molar-refractivity contribution in [1.29, 1.82) is 0 Å². The van der Waals surface area contributed by atoms with Crippen LogP contribution < -0.4 is 40.8 Å². The second kappa shape index (κ2) is 45.0. The van der Waals surface area contributed by atoms with Crippen molar-refractivity contribution < 1.29 is 110 Å². The number of halogens is 10. The van der Waals surface area contributed by atoms with E-state index in [2.05, 4.69) is 179 Å². The van der Waals surface area contributed by atoms with Gasteiger partial charge in [-0.2, -0.15) is 34.8 Å². The molecule has 20 nitrogen and oxygen atoms in total. The third-order valence-electron chi connectivity index (χ3n) is 26.6. The molecule has 2 unspecified atom stereocenters. The number of rotatable bonds is 37. The zero-order valence-corrected chi connectivity index (χ0v) is 91.8. The summed E-state index contributed by atoms with van der Waals surface area (Å²) in [5.74, 6) is -13.5. The Bertz CT molecular complexity index is 8060. The van der Waals surface area contributed by atoms with Crippen molar-refractivity contribution in [3.05, 3.63) is 311 Å². The lowest BCUT2D eigenvalue weighted by Gasteiger charge is -2.38. The number of alkyl halides is 6. The van der Waals surface area contributed by atoms with Crippen LogP contribution in [0.1, 0.15) is 262 Å². The zero-order valence-electron chi connectivity index (χ0n) is 86.9. The second-order valence-electron chi connectivity index (χ2n) is 40.3. The molecule has 2 aliphatic carbocycles. The predicted octanol–water partition coefficient (Wildman–Crippen LogP) is 27.6. The Balaban J connectivity index is 0.000000250. The summed E-state index contributed by atoms with van der Waals surface area (Å²) >= 11 is 0.297. The van der Waals surface area contributed by atoms with E-state index in [-0.39, 0.29) is 116 Å². The fraction of sp³-hybridized carbons (Fsp3) is 0.333. The molecule has 0 bridgehead atoms. The van der Waals surface area contributed by atoms with Gasteiger partial charge in [-0.3, -0.25) is 9.00 Å². The minimum absolute atomic E-state index is 0.0577. The Labute approximate surface area is 875 Å². The standard InChI is InChI=1S/C57H60F6N3O7S3.C57H61F4N4O6S3/c1-12-37(10)38-23-27-41(28-24-38)73-76(70,71)57(62,63)55(58,59)56(60,61)74(11,67)66-75(68,69)51-22-14-13-17-48(51)52-46-29-25-39(64-53-42(33(2)3)18-15-19-43(53)34(4)5)31-49(46)72-50-32-40(26-30-47(50)52)65-54-44(35(6)7)20-16-21-45(54)36(8)9;1-12-57(10,11)56(66)62-27-28-72-54-48(58)50(60)55(51(61)49(54)59)74(69,70)65-73(67,68)46-22-14-13-17-43(46)47-41-25-23-35(63-52-37(31(2)3)18-15-19-38(52)32(4)5)29-44(41)71-45-30-36(24-26-42(45)47)64-53-39(33(6)7)20-16-21-40(53)34(8)9/h13-37,64H,11-12H2,1-10H3;13-26,29-34H,12,27-28H2,1-11H3,(H,62,66)(H,63,64)/q2*-1/p+2. The van der Waals surface area contributed by atoms with Crippen LogP contribution >= 0.6 is 11.8 Å². The number of para-hydroxylation sites is 4. The Hall–Kier alpha value is -12.2. The van der Waals surface area contributed by atoms with Crippen molar-refractivity contribution >= 4 is 129 Å². The number of carbonyl (C=O) groups is 1. The maximum atomic E-state index is 16.0. The highest BCUT2D eigenvalue weighted by Gasteiger charge is 2.80. The number of anilines is 4. The number of thioether (sulfide) groups is 1. The molecule has 150 heavy (non-hydrogen) atoms. The lowest BCUT2D eigenvalue weighted by atomic mass is 9.89. The molecule has 0 saturated carbocycles. The molecule has 0 fully saturated rings. The molecule has 5 N–H and O–H groups in total. The van der Waals surface area contributed by atoms with Gasteiger partial charge >= 0.3 is 26.5 Å². The molecule has 2 atom stereocenters. The first kappa shape index (κ1) is 115. The first-order chi connectivity index (χ1) is 70.2. The van der Waals surface area contributed by atoms with Crippen LogP contribution in [0.4, 0.5) is 78.0 Å². The molecule has 0 radical (unpaired) electrons. The third kappa shape index (κ3) is 23.4. The highest BCUT2D eigenvalue weighted by Crippen LogP contribution is 2.55. The topological polar surface area (TPSA) is 298 Å². The van der Waals surface area contributed by atoms with Crippen LogP contribution in [0.2, 0.25) is 0 Å². The quantitative estimate of drug-likeness (QED) is 0.00460. The van der Waals surface area contributed by atoms with Gasteiger partial charge in [0.15, 0.2) is 23.3 Å². The summed E-state index contributed by atoms with van der Waals surface area (Å²) in [4.78, 5) is 14.6. The SMILES string of the molecule is C=S(=O)([N-]S(=O)(=O)c1ccccc1-c1c2ccc(=[NH+]c3c(C(C)C)cccc3C(C)C)cc-2oc2cc(Nc3c(C(C)C)cccc3C(C)C)ccc12)C(F)(F)C(F)(F)C(F)(F)S(=O)(=O)Oc1ccc(C(C)CC)cc1.CCC(C)(C)C(=O)NCCSc1c(F)c(F)c(S(=O)(=O)[N-]S(=O)(=O)c2ccccc2-c2c3ccc(=[NH+]c4c(C(C)C)cccc4C(C)C)cc-3oc3cc(Nc4c(C(C)C)cccc4C(C)C)ccc23)c(F)c1F. The summed E-state index contributed by atoms with van der Waals surface area (Å²) in [7, 11) is -31.1. The zero-order chi connectivity index (χ0) is 110. The normalized spacial score (nSPS) is 13.7. The molecule has 4 aliphatic rings. The van der Waals surface area contributed by atoms with Crippen molar-refractivity contribution in [3.8, 4) is 50.7 Å². The van der Waals surface area contributed by atoms with Gasteiger partial charge in [0.05, 0.1) is 26.8 Å². The molecule has 36 heteroatoms. The molecule has 2 aliphatic heterocycles. The number of nitrogens with one attached hydrogen (secondary N) is 5. The van der Waals surface area contributed by atoms with Crippen LogP contribution in [0.3, 0.4) is 0 Å². The van der Waals surface area contributed by atoms with Crippen molar-refractivity contribution in [2.75, 3.05) is 22.9 Å². The monoisotopic (exact) mass is 2180 g/mol. The van der Waals surface area contributed by atoms with E-state index in [9.17, 15) is 42.7 Å². The van der Waals surface area contributed by atoms with Crippen LogP contribution in [-0.2, 0) is 54.7 Å². The van der Waals surface area contributed by atoms with E-state index < -0.39 is 120 Å². The smallest absolute Gasteiger partial charge is 0.450 e. The molecule has 0 aromatic heterocycles. The van der Waals surface area contributed by atoms with Crippen LogP contribution in [-0.4, -0.2) is 78.4 Å². The third-order valence-corrected chi connectivity index (χ3v) is 36.0. The number of benzene rings is 12. The molecule has 2 heterocycles. The van der Waals surface area contributed by atoms with Crippen molar-refractivity contribution in [2.24, 2.45) is 5.41 Å². The minimum Gasteiger partial charge on any atom is -0.460 e. The summed E-state index contributed by atoms with van der Waals surface area (Å²) in [6, 6.07) is 59.4. The summed E-state index contributed by atoms with van der Waals surface area (Å²) < 4.78 is 305. The van der Waals surface area contributed by atoms with Gasteiger partial charge < -0.3 is 37.2 Å². The average molecular weight is 2180 g/mol. The molecular formula is C114H123F10N7O13S6. The first-order valence-corrected chi connectivity index (χ1v) is 57.6. The fourth-order valence-corrected chi connectivity index (χ4v) is 25.7. The van der Waals surface area contributed by atoms with E-state index in [1.54, 1.807) is 88.4 Å². The number of hydrogen-bond donors (Lipinski definition) is 5. The highest BCUT2D eigenvalue weighted by molar-refractivity contribution is 8.17. The van der Waals surface area contributed by atoms with Crippen LogP contribution in [0.25, 0.3) is 75.1 Å². The lowest BCUT2D eigenvalue weighted by molar-refractivity contribution is -0.404. The van der Waals surface area contributed by atoms with Gasteiger partial charge in [-0.15, -0.1) is 11.8 Å². The molecule has 10 aromatic carbocycles. The summed E-state index contributed by atoms with van der Waals surface area (Å²) in [5.41, 5.74) is 14.4. The van der Waals surface area contributed by atoms with E-state index in [1.165, 1.54) is 42.5 Å². The van der Waals surface area contributed by atoms with Crippen LogP contribution in [0, 0.1) is 28.7 Å². The Kier molecular flexibility index (Phi) is 34.5. The Morgan fingerprint density at radius 3 is 1.16 bits per heavy atom. The van der Waals surface area contributed by atoms with Gasteiger partial charge in [0, 0.05) is 131 Å². The van der Waals surface area contributed by atoms with E-state index in [1.807, 2.05) is 67.6 Å². The van der Waals surface area contributed by atoms with E-state index >= 15 is 43.9 Å². The number of carbonyl (C=O) groups excluding carboxylic acids is 1. The summed E-state index contributed by atoms with van der Waals surface area (Å²) in [5, 5.41) is -1.92. The number of amides is 1. The van der Waals surface area contributed by atoms with Crippen LogP contribution in [0.15, 0.2) is 247 Å². The highest BCUT2D eigenvalue weighted by atomic mass is 32.3. The molecule has 0 saturated heterocycles. The van der Waals surface area contributed by atoms with Gasteiger partial charge in [-0.05, 0) is 164 Å². The fourth-order valence-electron chi connectivity index (χ4n) is 17.7. The lowest BCUT2D eigenvalue weighted by Crippen LogP contribution is -2.71. The van der Waals surface area contributed by atoms with Gasteiger partial charge in [0.2, 0.25) is 28.0 Å². The number of hydrogen-bond acceptors (Lipinski definition) is 16. The number of fused-ring (bicyclic) bond motifs is 4. The van der Waals surface area contributed by atoms with Gasteiger partial charge in [-0.1, -0.05) is 273 Å². The van der Waals surface area contributed by atoms with E-state index in [0.29, 0.717) is 74.5 Å². The summed E-state index contributed by atoms with van der Waals surface area (Å²) in [6.45, 7) is 42.1. The van der Waals surface area contributed by atoms with Gasteiger partial charge in [0.25, 0.3) is 0 Å². The van der Waals surface area contributed by atoms with Crippen molar-refractivity contribution in [3.63, 3.8) is 0 Å². The molecule has 10 aromatic rings.